The molecule has 0 bridgehead atoms. The fourth-order valence-electron chi connectivity index (χ4n) is 1.56. The van der Waals surface area contributed by atoms with Crippen molar-refractivity contribution in [3.05, 3.63) is 0 Å². The quantitative estimate of drug-likeness (QED) is 0.738. The number of aliphatic hydroxyl groups is 1. The van der Waals surface area contributed by atoms with Crippen LogP contribution in [-0.4, -0.2) is 35.8 Å². The molecule has 0 spiro atoms. The Kier molecular flexibility index (Phi) is 5.67. The van der Waals surface area contributed by atoms with E-state index in [0.29, 0.717) is 5.92 Å². The van der Waals surface area contributed by atoms with E-state index in [1.54, 1.807) is 25.6 Å². The number of carbonyl (C=O) groups excluding carboxylic acids is 1. The van der Waals surface area contributed by atoms with Crippen molar-refractivity contribution in [3.63, 3.8) is 0 Å². The molecule has 0 radical (unpaired) electrons. The van der Waals surface area contributed by atoms with E-state index in [1.165, 1.54) is 7.11 Å². The summed E-state index contributed by atoms with van der Waals surface area (Å²) in [4.78, 5) is 11.5. The largest absolute Gasteiger partial charge is 0.469 e. The molecule has 0 aliphatic heterocycles. The Morgan fingerprint density at radius 2 is 1.87 bits per heavy atom. The first-order chi connectivity index (χ1) is 6.78. The van der Waals surface area contributed by atoms with Gasteiger partial charge in [-0.3, -0.25) is 4.79 Å². The molecular weight excluding hydrogens is 212 g/mol. The van der Waals surface area contributed by atoms with Crippen LogP contribution in [0.3, 0.4) is 0 Å². The SMILES string of the molecule is COC(=O)C(C)(C)[C@@H](O)[C@H](SC)C(C)C. The van der Waals surface area contributed by atoms with E-state index in [1.807, 2.05) is 20.1 Å². The summed E-state index contributed by atoms with van der Waals surface area (Å²) in [5, 5.41) is 10.2. The predicted molar refractivity (Wildman–Crippen MR) is 63.9 cm³/mol. The normalized spacial score (nSPS) is 16.3. The van der Waals surface area contributed by atoms with Crippen LogP contribution in [0.1, 0.15) is 27.7 Å². The summed E-state index contributed by atoms with van der Waals surface area (Å²) in [5.41, 5.74) is -0.854. The molecular formula is C11H22O3S. The van der Waals surface area contributed by atoms with E-state index in [2.05, 4.69) is 0 Å². The lowest BCUT2D eigenvalue weighted by molar-refractivity contribution is -0.157. The second-order valence-electron chi connectivity index (χ2n) is 4.60. The molecule has 4 heteroatoms. The Bertz CT molecular complexity index is 214. The molecule has 0 unspecified atom stereocenters. The van der Waals surface area contributed by atoms with Crippen LogP contribution in [0.2, 0.25) is 0 Å². The smallest absolute Gasteiger partial charge is 0.313 e. The Morgan fingerprint density at radius 3 is 2.13 bits per heavy atom. The van der Waals surface area contributed by atoms with Gasteiger partial charge in [-0.05, 0) is 26.0 Å². The van der Waals surface area contributed by atoms with Gasteiger partial charge in [0, 0.05) is 5.25 Å². The summed E-state index contributed by atoms with van der Waals surface area (Å²) in [6, 6.07) is 0. The number of hydrogen-bond donors (Lipinski definition) is 1. The lowest BCUT2D eigenvalue weighted by Crippen LogP contribution is -2.45. The molecule has 90 valence electrons. The average Bonchev–Trinajstić information content (AvgIpc) is 2.16. The van der Waals surface area contributed by atoms with Crippen LogP contribution in [0.15, 0.2) is 0 Å². The highest BCUT2D eigenvalue weighted by atomic mass is 32.2. The summed E-state index contributed by atoms with van der Waals surface area (Å²) >= 11 is 1.58. The molecule has 0 aliphatic rings. The number of methoxy groups -OCH3 is 1. The second-order valence-corrected chi connectivity index (χ2v) is 5.62. The standard InChI is InChI=1S/C11H22O3S/c1-7(2)8(15-6)9(12)11(3,4)10(13)14-5/h7-9,12H,1-6H3/t8-,9+/m1/s1. The number of thioether (sulfide) groups is 1. The van der Waals surface area contributed by atoms with Gasteiger partial charge in [-0.15, -0.1) is 0 Å². The van der Waals surface area contributed by atoms with Crippen molar-refractivity contribution in [1.29, 1.82) is 0 Å². The molecule has 3 nitrogen and oxygen atoms in total. The highest BCUT2D eigenvalue weighted by molar-refractivity contribution is 7.99. The number of esters is 1. The lowest BCUT2D eigenvalue weighted by Gasteiger charge is -2.34. The Balaban J connectivity index is 4.80. The molecule has 2 atom stereocenters. The minimum atomic E-state index is -0.854. The van der Waals surface area contributed by atoms with Crippen LogP contribution in [0, 0.1) is 11.3 Å². The van der Waals surface area contributed by atoms with E-state index >= 15 is 0 Å². The van der Waals surface area contributed by atoms with Crippen molar-refractivity contribution in [2.45, 2.75) is 39.0 Å². The van der Waals surface area contributed by atoms with Crippen LogP contribution in [0.25, 0.3) is 0 Å². The monoisotopic (exact) mass is 234 g/mol. The van der Waals surface area contributed by atoms with Crippen LogP contribution < -0.4 is 0 Å². The third-order valence-electron chi connectivity index (χ3n) is 2.69. The molecule has 15 heavy (non-hydrogen) atoms. The highest BCUT2D eigenvalue weighted by Gasteiger charge is 2.41. The fourth-order valence-corrected chi connectivity index (χ4v) is 2.70. The predicted octanol–water partition coefficient (Wildman–Crippen LogP) is 1.93. The van der Waals surface area contributed by atoms with Crippen molar-refractivity contribution in [2.24, 2.45) is 11.3 Å². The molecule has 0 amide bonds. The first-order valence-electron chi connectivity index (χ1n) is 5.08. The van der Waals surface area contributed by atoms with Gasteiger partial charge in [-0.25, -0.2) is 0 Å². The number of hydrogen-bond acceptors (Lipinski definition) is 4. The van der Waals surface area contributed by atoms with Gasteiger partial charge in [0.25, 0.3) is 0 Å². The first-order valence-corrected chi connectivity index (χ1v) is 6.37. The molecule has 0 aromatic rings. The van der Waals surface area contributed by atoms with Gasteiger partial charge in [0.1, 0.15) is 0 Å². The zero-order valence-corrected chi connectivity index (χ0v) is 11.2. The number of aliphatic hydroxyl groups excluding tert-OH is 1. The van der Waals surface area contributed by atoms with Gasteiger partial charge in [-0.1, -0.05) is 13.8 Å². The van der Waals surface area contributed by atoms with Crippen molar-refractivity contribution in [3.8, 4) is 0 Å². The summed E-state index contributed by atoms with van der Waals surface area (Å²) in [5.74, 6) is -0.0476. The Labute approximate surface area is 96.6 Å². The van der Waals surface area contributed by atoms with Gasteiger partial charge < -0.3 is 9.84 Å². The van der Waals surface area contributed by atoms with E-state index < -0.39 is 11.5 Å². The van der Waals surface area contributed by atoms with Crippen molar-refractivity contribution >= 4 is 17.7 Å². The van der Waals surface area contributed by atoms with Crippen LogP contribution in [0.4, 0.5) is 0 Å². The lowest BCUT2D eigenvalue weighted by atomic mass is 9.82. The average molecular weight is 234 g/mol. The number of carbonyl (C=O) groups is 1. The molecule has 0 aliphatic carbocycles. The Morgan fingerprint density at radius 1 is 1.40 bits per heavy atom. The molecule has 1 N–H and O–H groups in total. The minimum absolute atomic E-state index is 0.0408. The third kappa shape index (κ3) is 3.38. The zero-order valence-electron chi connectivity index (χ0n) is 10.4. The first kappa shape index (κ1) is 14.8. The Hall–Kier alpha value is -0.220. The molecule has 0 saturated heterocycles. The second kappa shape index (κ2) is 5.75. The molecule has 0 heterocycles. The number of ether oxygens (including phenoxy) is 1. The summed E-state index contributed by atoms with van der Waals surface area (Å²) < 4.78 is 4.70. The van der Waals surface area contributed by atoms with E-state index in [-0.39, 0.29) is 11.2 Å². The summed E-state index contributed by atoms with van der Waals surface area (Å²) in [6.45, 7) is 7.51. The van der Waals surface area contributed by atoms with Crippen molar-refractivity contribution in [2.75, 3.05) is 13.4 Å². The molecule has 0 saturated carbocycles. The molecule has 0 aromatic heterocycles. The third-order valence-corrected chi connectivity index (χ3v) is 4.04. The van der Waals surface area contributed by atoms with Crippen molar-refractivity contribution < 1.29 is 14.6 Å². The van der Waals surface area contributed by atoms with Gasteiger partial charge in [0.2, 0.25) is 0 Å². The molecule has 0 rings (SSSR count). The topological polar surface area (TPSA) is 46.5 Å². The van der Waals surface area contributed by atoms with Gasteiger partial charge in [0.05, 0.1) is 18.6 Å². The van der Waals surface area contributed by atoms with Gasteiger partial charge in [-0.2, -0.15) is 11.8 Å². The maximum absolute atomic E-state index is 11.5. The number of rotatable bonds is 5. The zero-order chi connectivity index (χ0) is 12.2. The van der Waals surface area contributed by atoms with E-state index in [9.17, 15) is 9.90 Å². The summed E-state index contributed by atoms with van der Waals surface area (Å²) in [7, 11) is 1.35. The maximum atomic E-state index is 11.5. The van der Waals surface area contributed by atoms with Crippen molar-refractivity contribution in [1.82, 2.24) is 0 Å². The van der Waals surface area contributed by atoms with Crippen LogP contribution >= 0.6 is 11.8 Å². The molecule has 0 aromatic carbocycles. The fraction of sp³-hybridized carbons (Fsp3) is 0.909. The van der Waals surface area contributed by atoms with E-state index in [4.69, 9.17) is 4.74 Å². The van der Waals surface area contributed by atoms with Gasteiger partial charge in [0.15, 0.2) is 0 Å². The molecule has 0 fully saturated rings. The maximum Gasteiger partial charge on any atom is 0.313 e. The highest BCUT2D eigenvalue weighted by Crippen LogP contribution is 2.32. The van der Waals surface area contributed by atoms with Gasteiger partial charge >= 0.3 is 5.97 Å². The van der Waals surface area contributed by atoms with Crippen LogP contribution in [0.5, 0.6) is 0 Å². The summed E-state index contributed by atoms with van der Waals surface area (Å²) in [6.07, 6.45) is 1.25. The van der Waals surface area contributed by atoms with Crippen LogP contribution in [-0.2, 0) is 9.53 Å². The van der Waals surface area contributed by atoms with E-state index in [0.717, 1.165) is 0 Å². The minimum Gasteiger partial charge on any atom is -0.469 e.